The lowest BCUT2D eigenvalue weighted by atomic mass is 9.82. The minimum Gasteiger partial charge on any atom is -0.313 e. The van der Waals surface area contributed by atoms with Gasteiger partial charge in [-0.1, -0.05) is 109 Å². The fraction of sp³-hybridized carbons (Fsp3) is 0.172. The normalized spacial score (nSPS) is 16.1. The monoisotopic (exact) mass is 389 g/mol. The molecule has 1 atom stereocenters. The number of benzene rings is 4. The molecule has 0 radical (unpaired) electrons. The summed E-state index contributed by atoms with van der Waals surface area (Å²) in [4.78, 5) is 0. The Labute approximate surface area is 179 Å². The average Bonchev–Trinajstić information content (AvgIpc) is 3.35. The quantitative estimate of drug-likeness (QED) is 0.391. The molecule has 0 unspecified atom stereocenters. The second-order valence-corrected chi connectivity index (χ2v) is 8.16. The van der Waals surface area contributed by atoms with E-state index in [1.807, 2.05) is 0 Å². The first-order valence-corrected chi connectivity index (χ1v) is 10.9. The molecular weight excluding hydrogens is 362 g/mol. The molecule has 0 aromatic heterocycles. The third-order valence-corrected chi connectivity index (χ3v) is 6.21. The molecular formula is C29H27N. The lowest BCUT2D eigenvalue weighted by molar-refractivity contribution is 0.541. The van der Waals surface area contributed by atoms with Gasteiger partial charge in [-0.3, -0.25) is 0 Å². The third-order valence-electron chi connectivity index (χ3n) is 6.21. The van der Waals surface area contributed by atoms with Crippen LogP contribution in [-0.2, 0) is 0 Å². The SMILES string of the molecule is c1ccc(-c2cccc(C(c3cccc(-c4ccccc4)c3)[C@H]3CCCN3)c2)cc1. The van der Waals surface area contributed by atoms with E-state index in [-0.39, 0.29) is 0 Å². The molecule has 5 rings (SSSR count). The van der Waals surface area contributed by atoms with Crippen LogP contribution in [0.25, 0.3) is 22.3 Å². The minimum absolute atomic E-state index is 0.347. The first kappa shape index (κ1) is 18.8. The van der Waals surface area contributed by atoms with Crippen LogP contribution in [0, 0.1) is 0 Å². The summed E-state index contributed by atoms with van der Waals surface area (Å²) in [5.41, 5.74) is 7.90. The molecule has 1 nitrogen and oxygen atoms in total. The summed E-state index contributed by atoms with van der Waals surface area (Å²) in [5.74, 6) is 0.347. The highest BCUT2D eigenvalue weighted by Crippen LogP contribution is 2.35. The van der Waals surface area contributed by atoms with Crippen molar-refractivity contribution in [1.29, 1.82) is 0 Å². The summed E-state index contributed by atoms with van der Waals surface area (Å²) >= 11 is 0. The molecule has 0 aliphatic carbocycles. The highest BCUT2D eigenvalue weighted by atomic mass is 14.9. The van der Waals surface area contributed by atoms with E-state index in [1.165, 1.54) is 46.2 Å². The summed E-state index contributed by atoms with van der Waals surface area (Å²) in [6, 6.07) is 40.1. The average molecular weight is 390 g/mol. The van der Waals surface area contributed by atoms with Gasteiger partial charge in [0.05, 0.1) is 0 Å². The maximum Gasteiger partial charge on any atom is 0.0243 e. The first-order chi connectivity index (χ1) is 14.9. The van der Waals surface area contributed by atoms with E-state index < -0.39 is 0 Å². The molecule has 1 saturated heterocycles. The number of nitrogens with one attached hydrogen (secondary N) is 1. The molecule has 1 aliphatic rings. The Morgan fingerprint density at radius 3 is 1.53 bits per heavy atom. The zero-order valence-corrected chi connectivity index (χ0v) is 17.2. The number of rotatable bonds is 5. The van der Waals surface area contributed by atoms with Crippen molar-refractivity contribution in [2.75, 3.05) is 6.54 Å². The van der Waals surface area contributed by atoms with Gasteiger partial charge in [0.15, 0.2) is 0 Å². The number of hydrogen-bond donors (Lipinski definition) is 1. The molecule has 4 aromatic carbocycles. The second-order valence-electron chi connectivity index (χ2n) is 8.16. The Morgan fingerprint density at radius 1 is 0.567 bits per heavy atom. The van der Waals surface area contributed by atoms with Crippen molar-refractivity contribution in [3.8, 4) is 22.3 Å². The molecule has 0 bridgehead atoms. The molecule has 1 aliphatic heterocycles. The van der Waals surface area contributed by atoms with Crippen molar-refractivity contribution in [3.05, 3.63) is 120 Å². The second kappa shape index (κ2) is 8.69. The van der Waals surface area contributed by atoms with Gasteiger partial charge in [-0.25, -0.2) is 0 Å². The summed E-state index contributed by atoms with van der Waals surface area (Å²) in [6.07, 6.45) is 2.47. The molecule has 1 N–H and O–H groups in total. The molecule has 1 heterocycles. The third kappa shape index (κ3) is 3.94. The van der Waals surface area contributed by atoms with Crippen LogP contribution in [0.4, 0.5) is 0 Å². The van der Waals surface area contributed by atoms with Gasteiger partial charge >= 0.3 is 0 Å². The summed E-state index contributed by atoms with van der Waals surface area (Å²) in [6.45, 7) is 1.11. The number of hydrogen-bond acceptors (Lipinski definition) is 1. The van der Waals surface area contributed by atoms with Crippen LogP contribution in [0.1, 0.15) is 29.9 Å². The molecule has 1 fully saturated rings. The molecule has 0 spiro atoms. The molecule has 148 valence electrons. The molecule has 4 aromatic rings. The zero-order valence-electron chi connectivity index (χ0n) is 17.2. The van der Waals surface area contributed by atoms with Gasteiger partial charge < -0.3 is 5.32 Å². The summed E-state index contributed by atoms with van der Waals surface area (Å²) in [7, 11) is 0. The predicted octanol–water partition coefficient (Wildman–Crippen LogP) is 6.90. The van der Waals surface area contributed by atoms with Gasteiger partial charge in [0.2, 0.25) is 0 Å². The fourth-order valence-electron chi connectivity index (χ4n) is 4.74. The molecule has 0 saturated carbocycles. The van der Waals surface area contributed by atoms with Gasteiger partial charge in [0.25, 0.3) is 0 Å². The van der Waals surface area contributed by atoms with Crippen molar-refractivity contribution in [2.45, 2.75) is 24.8 Å². The Balaban J connectivity index is 1.57. The van der Waals surface area contributed by atoms with Crippen molar-refractivity contribution in [1.82, 2.24) is 5.32 Å². The van der Waals surface area contributed by atoms with Gasteiger partial charge in [-0.15, -0.1) is 0 Å². The van der Waals surface area contributed by atoms with Gasteiger partial charge in [0, 0.05) is 12.0 Å². The Bertz CT molecular complexity index is 1010. The van der Waals surface area contributed by atoms with Crippen LogP contribution in [-0.4, -0.2) is 12.6 Å². The van der Waals surface area contributed by atoms with Gasteiger partial charge in [-0.05, 0) is 52.8 Å². The minimum atomic E-state index is 0.347. The van der Waals surface area contributed by atoms with Crippen LogP contribution < -0.4 is 5.32 Å². The summed E-state index contributed by atoms with van der Waals surface area (Å²) in [5, 5.41) is 3.77. The Kier molecular flexibility index (Phi) is 5.46. The van der Waals surface area contributed by atoms with Crippen LogP contribution >= 0.6 is 0 Å². The highest BCUT2D eigenvalue weighted by Gasteiger charge is 2.28. The van der Waals surface area contributed by atoms with E-state index >= 15 is 0 Å². The maximum atomic E-state index is 3.77. The largest absolute Gasteiger partial charge is 0.313 e. The van der Waals surface area contributed by atoms with E-state index in [0.717, 1.165) is 6.54 Å². The predicted molar refractivity (Wildman–Crippen MR) is 127 cm³/mol. The lowest BCUT2D eigenvalue weighted by Gasteiger charge is -2.26. The van der Waals surface area contributed by atoms with E-state index in [1.54, 1.807) is 0 Å². The molecule has 1 heteroatoms. The highest BCUT2D eigenvalue weighted by molar-refractivity contribution is 5.66. The zero-order chi connectivity index (χ0) is 20.2. The van der Waals surface area contributed by atoms with Gasteiger partial charge in [0.1, 0.15) is 0 Å². The smallest absolute Gasteiger partial charge is 0.0243 e. The van der Waals surface area contributed by atoms with Crippen molar-refractivity contribution >= 4 is 0 Å². The molecule has 0 amide bonds. The first-order valence-electron chi connectivity index (χ1n) is 10.9. The molecule has 30 heavy (non-hydrogen) atoms. The topological polar surface area (TPSA) is 12.0 Å². The Morgan fingerprint density at radius 2 is 1.07 bits per heavy atom. The van der Waals surface area contributed by atoms with Crippen LogP contribution in [0.2, 0.25) is 0 Å². The summed E-state index contributed by atoms with van der Waals surface area (Å²) < 4.78 is 0. The van der Waals surface area contributed by atoms with Crippen molar-refractivity contribution in [2.24, 2.45) is 0 Å². The fourth-order valence-corrected chi connectivity index (χ4v) is 4.74. The van der Waals surface area contributed by atoms with Crippen molar-refractivity contribution in [3.63, 3.8) is 0 Å². The van der Waals surface area contributed by atoms with Crippen molar-refractivity contribution < 1.29 is 0 Å². The van der Waals surface area contributed by atoms with Crippen LogP contribution in [0.15, 0.2) is 109 Å². The van der Waals surface area contributed by atoms with E-state index in [9.17, 15) is 0 Å². The van der Waals surface area contributed by atoms with E-state index in [2.05, 4.69) is 115 Å². The standard InChI is InChI=1S/C29H27N/c1-3-10-22(11-4-1)24-14-7-16-26(20-24)29(28-18-9-19-30-28)27-17-8-15-25(21-27)23-12-5-2-6-13-23/h1-8,10-17,20-21,28-30H,9,18-19H2/t28-/m1/s1. The lowest BCUT2D eigenvalue weighted by Crippen LogP contribution is -2.29. The van der Waals surface area contributed by atoms with Crippen LogP contribution in [0.5, 0.6) is 0 Å². The van der Waals surface area contributed by atoms with E-state index in [4.69, 9.17) is 0 Å². The van der Waals surface area contributed by atoms with Gasteiger partial charge in [-0.2, -0.15) is 0 Å². The van der Waals surface area contributed by atoms with Crippen LogP contribution in [0.3, 0.4) is 0 Å². The van der Waals surface area contributed by atoms with E-state index in [0.29, 0.717) is 12.0 Å². The Hall–Kier alpha value is -3.16. The maximum absolute atomic E-state index is 3.77.